The van der Waals surface area contributed by atoms with E-state index in [-0.39, 0.29) is 5.57 Å². The molecule has 28 heavy (non-hydrogen) atoms. The van der Waals surface area contributed by atoms with Crippen molar-refractivity contribution in [1.82, 2.24) is 0 Å². The van der Waals surface area contributed by atoms with Gasteiger partial charge in [0.25, 0.3) is 5.79 Å². The highest BCUT2D eigenvalue weighted by atomic mass is 79.9. The third-order valence-corrected chi connectivity index (χ3v) is 4.45. The van der Waals surface area contributed by atoms with Crippen molar-refractivity contribution >= 4 is 33.9 Å². The van der Waals surface area contributed by atoms with Gasteiger partial charge in [-0.25, -0.2) is 9.59 Å². The van der Waals surface area contributed by atoms with Crippen LogP contribution in [0.4, 0.5) is 0 Å². The largest absolute Gasteiger partial charge is 0.493 e. The van der Waals surface area contributed by atoms with Crippen LogP contribution in [0.3, 0.4) is 0 Å². The fourth-order valence-corrected chi connectivity index (χ4v) is 2.85. The van der Waals surface area contributed by atoms with Gasteiger partial charge in [-0.2, -0.15) is 0 Å². The van der Waals surface area contributed by atoms with Crippen LogP contribution < -0.4 is 9.47 Å². The number of carbonyl (C=O) groups is 2. The molecule has 3 rings (SSSR count). The van der Waals surface area contributed by atoms with Crippen LogP contribution in [-0.4, -0.2) is 24.8 Å². The second-order valence-electron chi connectivity index (χ2n) is 6.56. The van der Waals surface area contributed by atoms with E-state index in [1.165, 1.54) is 27.0 Å². The highest BCUT2D eigenvalue weighted by molar-refractivity contribution is 9.10. The van der Waals surface area contributed by atoms with Gasteiger partial charge in [0, 0.05) is 18.3 Å². The number of ether oxygens (including phenoxy) is 4. The van der Waals surface area contributed by atoms with E-state index in [9.17, 15) is 9.59 Å². The predicted octanol–water partition coefficient (Wildman–Crippen LogP) is 4.26. The number of cyclic esters (lactones) is 2. The molecule has 0 aliphatic carbocycles. The van der Waals surface area contributed by atoms with Gasteiger partial charge >= 0.3 is 11.9 Å². The normalized spacial score (nSPS) is 15.5. The SMILES string of the molecule is COc1ccc(C=C2C(=O)OC(C)(C)OC2=O)cc1OCc1ccc(Br)cc1. The molecule has 0 spiro atoms. The van der Waals surface area contributed by atoms with Crippen molar-refractivity contribution in [1.29, 1.82) is 0 Å². The smallest absolute Gasteiger partial charge is 0.348 e. The molecule has 0 bridgehead atoms. The molecule has 0 aromatic heterocycles. The van der Waals surface area contributed by atoms with Crippen molar-refractivity contribution in [3.05, 3.63) is 63.6 Å². The second-order valence-corrected chi connectivity index (χ2v) is 7.48. The summed E-state index contributed by atoms with van der Waals surface area (Å²) in [5, 5.41) is 0. The van der Waals surface area contributed by atoms with E-state index in [0.717, 1.165) is 10.0 Å². The van der Waals surface area contributed by atoms with Crippen LogP contribution in [0, 0.1) is 0 Å². The number of rotatable bonds is 5. The van der Waals surface area contributed by atoms with E-state index in [1.54, 1.807) is 18.2 Å². The van der Waals surface area contributed by atoms with Crippen molar-refractivity contribution in [3.63, 3.8) is 0 Å². The Balaban J connectivity index is 1.83. The van der Waals surface area contributed by atoms with E-state index in [0.29, 0.717) is 23.7 Å². The van der Waals surface area contributed by atoms with Gasteiger partial charge in [0.1, 0.15) is 12.2 Å². The Labute approximate surface area is 171 Å². The molecule has 0 saturated carbocycles. The molecule has 0 radical (unpaired) electrons. The van der Waals surface area contributed by atoms with Crippen LogP contribution in [0.15, 0.2) is 52.5 Å². The number of halogens is 1. The van der Waals surface area contributed by atoms with Crippen LogP contribution in [0.1, 0.15) is 25.0 Å². The first-order chi connectivity index (χ1) is 13.3. The fourth-order valence-electron chi connectivity index (χ4n) is 2.58. The molecule has 146 valence electrons. The Hall–Kier alpha value is -2.80. The van der Waals surface area contributed by atoms with Crippen LogP contribution in [0.25, 0.3) is 6.08 Å². The monoisotopic (exact) mass is 446 g/mol. The standard InChI is InChI=1S/C21H19BrO6/c1-21(2)27-19(23)16(20(24)28-21)10-14-6-9-17(25-3)18(11-14)26-12-13-4-7-15(22)8-5-13/h4-11H,12H2,1-3H3. The lowest BCUT2D eigenvalue weighted by atomic mass is 10.1. The molecule has 1 aliphatic heterocycles. The summed E-state index contributed by atoms with van der Waals surface area (Å²) >= 11 is 3.39. The first-order valence-corrected chi connectivity index (χ1v) is 9.30. The first kappa shape index (κ1) is 19.9. The molecule has 1 saturated heterocycles. The summed E-state index contributed by atoms with van der Waals surface area (Å²) in [4.78, 5) is 24.2. The minimum absolute atomic E-state index is 0.177. The van der Waals surface area contributed by atoms with E-state index in [4.69, 9.17) is 18.9 Å². The molecule has 7 heteroatoms. The number of methoxy groups -OCH3 is 1. The summed E-state index contributed by atoms with van der Waals surface area (Å²) in [6.07, 6.45) is 1.41. The molecule has 0 atom stereocenters. The van der Waals surface area contributed by atoms with Gasteiger partial charge in [0.15, 0.2) is 11.5 Å². The van der Waals surface area contributed by atoms with Crippen LogP contribution >= 0.6 is 15.9 Å². The van der Waals surface area contributed by atoms with Gasteiger partial charge in [-0.15, -0.1) is 0 Å². The zero-order chi connectivity index (χ0) is 20.3. The molecular formula is C21H19BrO6. The summed E-state index contributed by atoms with van der Waals surface area (Å²) in [5.74, 6) is -1.71. The molecule has 1 fully saturated rings. The minimum Gasteiger partial charge on any atom is -0.493 e. The van der Waals surface area contributed by atoms with Crippen LogP contribution in [0.2, 0.25) is 0 Å². The molecule has 2 aromatic rings. The van der Waals surface area contributed by atoms with E-state index in [1.807, 2.05) is 24.3 Å². The van der Waals surface area contributed by atoms with Gasteiger partial charge in [0.05, 0.1) is 7.11 Å². The van der Waals surface area contributed by atoms with Crippen molar-refractivity contribution in [3.8, 4) is 11.5 Å². The van der Waals surface area contributed by atoms with Crippen molar-refractivity contribution in [2.45, 2.75) is 26.2 Å². The Morgan fingerprint density at radius 1 is 1.00 bits per heavy atom. The zero-order valence-electron chi connectivity index (χ0n) is 15.7. The van der Waals surface area contributed by atoms with Crippen molar-refractivity contribution in [2.75, 3.05) is 7.11 Å². The molecule has 0 amide bonds. The van der Waals surface area contributed by atoms with E-state index < -0.39 is 17.7 Å². The average molecular weight is 447 g/mol. The molecule has 2 aromatic carbocycles. The quantitative estimate of drug-likeness (QED) is 0.388. The number of esters is 2. The Kier molecular flexibility index (Phi) is 5.74. The summed E-state index contributed by atoms with van der Waals surface area (Å²) < 4.78 is 22.4. The average Bonchev–Trinajstić information content (AvgIpc) is 2.63. The molecule has 0 N–H and O–H groups in total. The maximum absolute atomic E-state index is 12.1. The van der Waals surface area contributed by atoms with Gasteiger partial charge in [0.2, 0.25) is 0 Å². The van der Waals surface area contributed by atoms with E-state index in [2.05, 4.69) is 15.9 Å². The van der Waals surface area contributed by atoms with Crippen LogP contribution in [0.5, 0.6) is 11.5 Å². The Bertz CT molecular complexity index is 908. The molecule has 1 heterocycles. The summed E-state index contributed by atoms with van der Waals surface area (Å²) in [7, 11) is 1.54. The molecule has 6 nitrogen and oxygen atoms in total. The number of hydrogen-bond donors (Lipinski definition) is 0. The maximum Gasteiger partial charge on any atom is 0.348 e. The third-order valence-electron chi connectivity index (χ3n) is 3.92. The number of hydrogen-bond acceptors (Lipinski definition) is 6. The third kappa shape index (κ3) is 4.72. The Morgan fingerprint density at radius 3 is 2.25 bits per heavy atom. The summed E-state index contributed by atoms with van der Waals surface area (Å²) in [5.41, 5.74) is 1.38. The van der Waals surface area contributed by atoms with Gasteiger partial charge in [-0.1, -0.05) is 34.1 Å². The van der Waals surface area contributed by atoms with E-state index >= 15 is 0 Å². The summed E-state index contributed by atoms with van der Waals surface area (Å²) in [6.45, 7) is 3.34. The molecular weight excluding hydrogens is 428 g/mol. The minimum atomic E-state index is -1.27. The highest BCUT2D eigenvalue weighted by Crippen LogP contribution is 2.31. The zero-order valence-corrected chi connectivity index (χ0v) is 17.2. The first-order valence-electron chi connectivity index (χ1n) is 8.51. The van der Waals surface area contributed by atoms with Gasteiger partial charge in [-0.05, 0) is 41.5 Å². The lowest BCUT2D eigenvalue weighted by molar-refractivity contribution is -0.222. The highest BCUT2D eigenvalue weighted by Gasteiger charge is 2.38. The predicted molar refractivity (Wildman–Crippen MR) is 106 cm³/mol. The van der Waals surface area contributed by atoms with Crippen molar-refractivity contribution < 1.29 is 28.5 Å². The number of benzene rings is 2. The lowest BCUT2D eigenvalue weighted by Crippen LogP contribution is -2.41. The van der Waals surface area contributed by atoms with Gasteiger partial charge < -0.3 is 18.9 Å². The van der Waals surface area contributed by atoms with Gasteiger partial charge in [-0.3, -0.25) is 0 Å². The Morgan fingerprint density at radius 2 is 1.64 bits per heavy atom. The second kappa shape index (κ2) is 8.06. The van der Waals surface area contributed by atoms with Crippen LogP contribution in [-0.2, 0) is 25.7 Å². The molecule has 1 aliphatic rings. The maximum atomic E-state index is 12.1. The lowest BCUT2D eigenvalue weighted by Gasteiger charge is -2.29. The van der Waals surface area contributed by atoms with Crippen molar-refractivity contribution in [2.24, 2.45) is 0 Å². The fraction of sp³-hybridized carbons (Fsp3) is 0.238. The summed E-state index contributed by atoms with van der Waals surface area (Å²) in [6, 6.07) is 12.8. The molecule has 0 unspecified atom stereocenters. The topological polar surface area (TPSA) is 71.1 Å². The number of carbonyl (C=O) groups excluding carboxylic acids is 2.